The first-order chi connectivity index (χ1) is 16.2. The lowest BCUT2D eigenvalue weighted by atomic mass is 9.98. The molecule has 6 heteroatoms. The van der Waals surface area contributed by atoms with Crippen LogP contribution in [-0.2, 0) is 6.42 Å². The van der Waals surface area contributed by atoms with Gasteiger partial charge in [-0.15, -0.1) is 0 Å². The van der Waals surface area contributed by atoms with E-state index in [1.807, 2.05) is 42.5 Å². The van der Waals surface area contributed by atoms with E-state index in [-0.39, 0.29) is 12.8 Å². The van der Waals surface area contributed by atoms with Crippen LogP contribution in [0.5, 0.6) is 11.5 Å². The molecule has 1 atom stereocenters. The summed E-state index contributed by atoms with van der Waals surface area (Å²) in [7, 11) is 0. The maximum absolute atomic E-state index is 6.48. The highest BCUT2D eigenvalue weighted by molar-refractivity contribution is 5.54. The second kappa shape index (κ2) is 11.8. The Hall–Kier alpha value is -2.86. The van der Waals surface area contributed by atoms with Crippen molar-refractivity contribution >= 4 is 0 Å². The Balaban J connectivity index is 1.24. The van der Waals surface area contributed by atoms with Gasteiger partial charge in [0, 0.05) is 12.0 Å². The van der Waals surface area contributed by atoms with Crippen LogP contribution in [0.25, 0.3) is 11.5 Å². The van der Waals surface area contributed by atoms with Crippen molar-refractivity contribution in [2.75, 3.05) is 6.79 Å². The summed E-state index contributed by atoms with van der Waals surface area (Å²) in [6, 6.07) is 13.6. The van der Waals surface area contributed by atoms with Crippen molar-refractivity contribution in [3.63, 3.8) is 0 Å². The third kappa shape index (κ3) is 6.35. The molecule has 176 valence electrons. The summed E-state index contributed by atoms with van der Waals surface area (Å²) in [6.45, 7) is 2.52. The fourth-order valence-electron chi connectivity index (χ4n) is 4.20. The number of aryl methyl sites for hydroxylation is 1. The SMILES string of the molecule is CCCCCCCCCCCc1noc(-c2ccc(C(N)c3ccc4c(c3)OCO4)cc2)n1. The zero-order valence-corrected chi connectivity index (χ0v) is 19.6. The van der Waals surface area contributed by atoms with E-state index in [9.17, 15) is 0 Å². The van der Waals surface area contributed by atoms with Gasteiger partial charge in [-0.25, -0.2) is 0 Å². The number of ether oxygens (including phenoxy) is 2. The maximum Gasteiger partial charge on any atom is 0.257 e. The normalized spacial score (nSPS) is 13.4. The number of unbranched alkanes of at least 4 members (excludes halogenated alkanes) is 8. The maximum atomic E-state index is 6.48. The largest absolute Gasteiger partial charge is 0.454 e. The fourth-order valence-corrected chi connectivity index (χ4v) is 4.20. The average molecular weight is 450 g/mol. The Kier molecular flexibility index (Phi) is 8.36. The van der Waals surface area contributed by atoms with Crippen LogP contribution >= 0.6 is 0 Å². The second-order valence-electron chi connectivity index (χ2n) is 8.81. The van der Waals surface area contributed by atoms with Crippen molar-refractivity contribution < 1.29 is 14.0 Å². The third-order valence-corrected chi connectivity index (χ3v) is 6.24. The Morgan fingerprint density at radius 3 is 2.24 bits per heavy atom. The molecule has 3 aromatic rings. The molecule has 6 nitrogen and oxygen atoms in total. The molecule has 4 rings (SSSR count). The molecule has 2 aromatic carbocycles. The van der Waals surface area contributed by atoms with Crippen molar-refractivity contribution in [2.24, 2.45) is 5.73 Å². The molecule has 0 saturated carbocycles. The molecule has 0 fully saturated rings. The molecule has 0 bridgehead atoms. The molecular weight excluding hydrogens is 414 g/mol. The molecule has 1 aromatic heterocycles. The molecule has 2 heterocycles. The first-order valence-corrected chi connectivity index (χ1v) is 12.3. The minimum atomic E-state index is -0.251. The van der Waals surface area contributed by atoms with Crippen molar-refractivity contribution in [1.29, 1.82) is 0 Å². The fraction of sp³-hybridized carbons (Fsp3) is 0.481. The Labute approximate surface area is 196 Å². The van der Waals surface area contributed by atoms with Gasteiger partial charge in [0.2, 0.25) is 6.79 Å². The molecule has 0 aliphatic carbocycles. The van der Waals surface area contributed by atoms with Gasteiger partial charge in [-0.3, -0.25) is 0 Å². The summed E-state index contributed by atoms with van der Waals surface area (Å²) < 4.78 is 16.3. The van der Waals surface area contributed by atoms with Crippen LogP contribution in [0.2, 0.25) is 0 Å². The van der Waals surface area contributed by atoms with Crippen molar-refractivity contribution in [2.45, 2.75) is 77.2 Å². The van der Waals surface area contributed by atoms with E-state index >= 15 is 0 Å². The molecule has 0 saturated heterocycles. The molecule has 1 unspecified atom stereocenters. The van der Waals surface area contributed by atoms with E-state index in [1.165, 1.54) is 51.4 Å². The number of benzene rings is 2. The summed E-state index contributed by atoms with van der Waals surface area (Å²) in [5.74, 6) is 2.85. The quantitative estimate of drug-likeness (QED) is 0.296. The van der Waals surface area contributed by atoms with Gasteiger partial charge in [-0.05, 0) is 41.8 Å². The highest BCUT2D eigenvalue weighted by Gasteiger charge is 2.17. The Morgan fingerprint density at radius 1 is 0.818 bits per heavy atom. The van der Waals surface area contributed by atoms with Crippen LogP contribution in [0.3, 0.4) is 0 Å². The van der Waals surface area contributed by atoms with E-state index in [0.717, 1.165) is 46.9 Å². The Bertz CT molecular complexity index is 1000. The van der Waals surface area contributed by atoms with Crippen LogP contribution in [-0.4, -0.2) is 16.9 Å². The van der Waals surface area contributed by atoms with Gasteiger partial charge in [-0.1, -0.05) is 81.6 Å². The van der Waals surface area contributed by atoms with E-state index in [4.69, 9.17) is 19.7 Å². The molecule has 1 aliphatic heterocycles. The molecular formula is C27H35N3O3. The minimum absolute atomic E-state index is 0.251. The van der Waals surface area contributed by atoms with Crippen molar-refractivity contribution in [3.05, 3.63) is 59.4 Å². The lowest BCUT2D eigenvalue weighted by Crippen LogP contribution is -2.11. The van der Waals surface area contributed by atoms with Crippen molar-refractivity contribution in [1.82, 2.24) is 10.1 Å². The Morgan fingerprint density at radius 2 is 1.48 bits per heavy atom. The first kappa shape index (κ1) is 23.3. The monoisotopic (exact) mass is 449 g/mol. The zero-order valence-electron chi connectivity index (χ0n) is 19.6. The number of nitrogens with zero attached hydrogens (tertiary/aromatic N) is 2. The number of aromatic nitrogens is 2. The summed E-state index contributed by atoms with van der Waals surface area (Å²) >= 11 is 0. The number of fused-ring (bicyclic) bond motifs is 1. The standard InChI is InChI=1S/C27H35N3O3/c1-2-3-4-5-6-7-8-9-10-11-25-29-27(33-30-25)21-14-12-20(13-15-21)26(28)22-16-17-23-24(18-22)32-19-31-23/h12-18,26H,2-11,19,28H2,1H3. The highest BCUT2D eigenvalue weighted by atomic mass is 16.7. The zero-order chi connectivity index (χ0) is 22.9. The molecule has 0 spiro atoms. The van der Waals surface area contributed by atoms with Gasteiger partial charge in [0.25, 0.3) is 5.89 Å². The topological polar surface area (TPSA) is 83.4 Å². The highest BCUT2D eigenvalue weighted by Crippen LogP contribution is 2.35. The molecule has 33 heavy (non-hydrogen) atoms. The number of hydrogen-bond acceptors (Lipinski definition) is 6. The van der Waals surface area contributed by atoms with Gasteiger partial charge in [0.05, 0.1) is 6.04 Å². The first-order valence-electron chi connectivity index (χ1n) is 12.3. The van der Waals surface area contributed by atoms with Gasteiger partial charge in [-0.2, -0.15) is 4.98 Å². The van der Waals surface area contributed by atoms with Crippen LogP contribution in [0.1, 0.15) is 87.7 Å². The van der Waals surface area contributed by atoms with Crippen molar-refractivity contribution in [3.8, 4) is 23.0 Å². The average Bonchev–Trinajstić information content (AvgIpc) is 3.52. The van der Waals surface area contributed by atoms with Gasteiger partial charge in [0.15, 0.2) is 17.3 Å². The summed E-state index contributed by atoms with van der Waals surface area (Å²) in [5, 5.41) is 4.16. The molecule has 0 radical (unpaired) electrons. The molecule has 1 aliphatic rings. The smallest absolute Gasteiger partial charge is 0.257 e. The predicted octanol–water partition coefficient (Wildman–Crippen LogP) is 6.59. The lowest BCUT2D eigenvalue weighted by Gasteiger charge is -2.13. The number of rotatable bonds is 13. The van der Waals surface area contributed by atoms with Crippen LogP contribution < -0.4 is 15.2 Å². The summed E-state index contributed by atoms with van der Waals surface area (Å²) in [6.07, 6.45) is 12.6. The minimum Gasteiger partial charge on any atom is -0.454 e. The summed E-state index contributed by atoms with van der Waals surface area (Å²) in [4.78, 5) is 4.58. The molecule has 0 amide bonds. The van der Waals surface area contributed by atoms with Crippen LogP contribution in [0.4, 0.5) is 0 Å². The second-order valence-corrected chi connectivity index (χ2v) is 8.81. The number of hydrogen-bond donors (Lipinski definition) is 1. The molecule has 2 N–H and O–H groups in total. The van der Waals surface area contributed by atoms with E-state index in [0.29, 0.717) is 5.89 Å². The predicted molar refractivity (Wildman–Crippen MR) is 129 cm³/mol. The van der Waals surface area contributed by atoms with E-state index < -0.39 is 0 Å². The van der Waals surface area contributed by atoms with E-state index in [1.54, 1.807) is 0 Å². The summed E-state index contributed by atoms with van der Waals surface area (Å²) in [5.41, 5.74) is 9.37. The van der Waals surface area contributed by atoms with Gasteiger partial charge in [0.1, 0.15) is 0 Å². The van der Waals surface area contributed by atoms with Gasteiger partial charge >= 0.3 is 0 Å². The van der Waals surface area contributed by atoms with Crippen LogP contribution in [0.15, 0.2) is 47.0 Å². The number of nitrogens with two attached hydrogens (primary N) is 1. The van der Waals surface area contributed by atoms with Crippen LogP contribution in [0, 0.1) is 0 Å². The van der Waals surface area contributed by atoms with Gasteiger partial charge < -0.3 is 19.7 Å². The lowest BCUT2D eigenvalue weighted by molar-refractivity contribution is 0.174. The third-order valence-electron chi connectivity index (χ3n) is 6.24. The van der Waals surface area contributed by atoms with E-state index in [2.05, 4.69) is 17.1 Å².